The second-order valence-electron chi connectivity index (χ2n) is 5.02. The zero-order chi connectivity index (χ0) is 15.2. The monoisotopic (exact) mass is 370 g/mol. The minimum atomic E-state index is -0.190. The van der Waals surface area contributed by atoms with Crippen LogP contribution in [0.2, 0.25) is 0 Å². The summed E-state index contributed by atoms with van der Waals surface area (Å²) in [6.45, 7) is 0. The van der Waals surface area contributed by atoms with Crippen LogP contribution in [-0.2, 0) is 12.8 Å². The Hall–Kier alpha value is -1.06. The number of ether oxygens (including phenoxy) is 1. The average Bonchev–Trinajstić information content (AvgIpc) is 2.49. The zero-order valence-corrected chi connectivity index (χ0v) is 14.1. The van der Waals surface area contributed by atoms with E-state index in [2.05, 4.69) is 15.9 Å². The van der Waals surface area contributed by atoms with Gasteiger partial charge in [-0.25, -0.2) is 4.39 Å². The van der Waals surface area contributed by atoms with E-state index in [1.165, 1.54) is 6.07 Å². The van der Waals surface area contributed by atoms with E-state index < -0.39 is 0 Å². The van der Waals surface area contributed by atoms with Crippen LogP contribution in [0.1, 0.15) is 11.1 Å². The maximum atomic E-state index is 13.9. The van der Waals surface area contributed by atoms with Crippen LogP contribution in [-0.4, -0.2) is 13.0 Å². The Bertz CT molecular complexity index is 603. The van der Waals surface area contributed by atoms with Crippen LogP contribution in [0.25, 0.3) is 0 Å². The predicted octanol–water partition coefficient (Wildman–Crippen LogP) is 5.24. The Kier molecular flexibility index (Phi) is 6.07. The van der Waals surface area contributed by atoms with Crippen molar-refractivity contribution in [2.75, 3.05) is 13.0 Å². The highest BCUT2D eigenvalue weighted by Gasteiger charge is 2.13. The molecule has 2 aromatic rings. The van der Waals surface area contributed by atoms with Crippen LogP contribution in [0.15, 0.2) is 46.9 Å². The summed E-state index contributed by atoms with van der Waals surface area (Å²) in [4.78, 5) is 0. The molecule has 4 heteroatoms. The number of benzene rings is 2. The molecule has 0 saturated heterocycles. The first-order valence-electron chi connectivity index (χ1n) is 6.75. The van der Waals surface area contributed by atoms with Gasteiger partial charge < -0.3 is 4.74 Å². The molecular weight excluding hydrogens is 355 g/mol. The molecule has 0 aliphatic heterocycles. The predicted molar refractivity (Wildman–Crippen MR) is 88.7 cm³/mol. The van der Waals surface area contributed by atoms with Gasteiger partial charge in [0, 0.05) is 10.4 Å². The van der Waals surface area contributed by atoms with Gasteiger partial charge in [0.1, 0.15) is 11.6 Å². The first-order valence-corrected chi connectivity index (χ1v) is 8.08. The van der Waals surface area contributed by atoms with E-state index in [1.54, 1.807) is 7.11 Å². The maximum absolute atomic E-state index is 13.9. The zero-order valence-electron chi connectivity index (χ0n) is 11.8. The smallest absolute Gasteiger partial charge is 0.127 e. The molecule has 1 nitrogen and oxygen atoms in total. The average molecular weight is 372 g/mol. The third-order valence-corrected chi connectivity index (χ3v) is 4.33. The van der Waals surface area contributed by atoms with Crippen LogP contribution in [0, 0.1) is 11.7 Å². The Labute approximate surface area is 138 Å². The van der Waals surface area contributed by atoms with Crippen molar-refractivity contribution in [3.8, 4) is 5.75 Å². The molecule has 0 fully saturated rings. The molecule has 0 aromatic heterocycles. The molecule has 21 heavy (non-hydrogen) atoms. The lowest BCUT2D eigenvalue weighted by atomic mass is 9.94. The summed E-state index contributed by atoms with van der Waals surface area (Å²) in [5.74, 6) is 1.32. The van der Waals surface area contributed by atoms with Crippen LogP contribution >= 0.6 is 27.5 Å². The van der Waals surface area contributed by atoms with Crippen molar-refractivity contribution >= 4 is 27.5 Å². The molecule has 2 rings (SSSR count). The summed E-state index contributed by atoms with van der Waals surface area (Å²) >= 11 is 9.33. The van der Waals surface area contributed by atoms with Gasteiger partial charge in [0.25, 0.3) is 0 Å². The molecule has 0 aliphatic carbocycles. The molecular formula is C17H17BrClFO. The number of hydrogen-bond acceptors (Lipinski definition) is 1. The maximum Gasteiger partial charge on any atom is 0.127 e. The van der Waals surface area contributed by atoms with Gasteiger partial charge in [-0.05, 0) is 54.2 Å². The normalized spacial score (nSPS) is 12.2. The van der Waals surface area contributed by atoms with Crippen molar-refractivity contribution in [2.24, 2.45) is 5.92 Å². The molecule has 0 radical (unpaired) electrons. The summed E-state index contributed by atoms with van der Waals surface area (Å²) in [7, 11) is 1.65. The van der Waals surface area contributed by atoms with Crippen molar-refractivity contribution < 1.29 is 9.13 Å². The lowest BCUT2D eigenvalue weighted by Gasteiger charge is -2.15. The van der Waals surface area contributed by atoms with E-state index in [4.69, 9.17) is 16.3 Å². The summed E-state index contributed by atoms with van der Waals surface area (Å²) in [6, 6.07) is 13.1. The summed E-state index contributed by atoms with van der Waals surface area (Å²) in [5, 5.41) is 0. The van der Waals surface area contributed by atoms with Crippen LogP contribution in [0.5, 0.6) is 5.75 Å². The second-order valence-corrected chi connectivity index (χ2v) is 6.24. The van der Waals surface area contributed by atoms with Crippen molar-refractivity contribution in [3.63, 3.8) is 0 Å². The summed E-state index contributed by atoms with van der Waals surface area (Å²) < 4.78 is 19.9. The molecule has 0 heterocycles. The van der Waals surface area contributed by atoms with Crippen molar-refractivity contribution in [1.82, 2.24) is 0 Å². The second kappa shape index (κ2) is 7.81. The molecule has 0 bridgehead atoms. The van der Waals surface area contributed by atoms with Gasteiger partial charge in [-0.2, -0.15) is 0 Å². The number of methoxy groups -OCH3 is 1. The number of rotatable bonds is 6. The molecule has 0 aliphatic rings. The SMILES string of the molecule is COc1cccc(CC(CCl)Cc2ccc(Br)cc2F)c1. The van der Waals surface area contributed by atoms with Gasteiger partial charge >= 0.3 is 0 Å². The Balaban J connectivity index is 2.09. The third-order valence-electron chi connectivity index (χ3n) is 3.40. The molecule has 0 N–H and O–H groups in total. The fraction of sp³-hybridized carbons (Fsp3) is 0.294. The highest BCUT2D eigenvalue weighted by molar-refractivity contribution is 9.10. The molecule has 0 saturated carbocycles. The first-order chi connectivity index (χ1) is 10.1. The lowest BCUT2D eigenvalue weighted by Crippen LogP contribution is -2.11. The standard InChI is InChI=1S/C17H17BrClFO/c1-21-16-4-2-3-12(9-16)7-13(11-19)8-14-5-6-15(18)10-17(14)20/h2-6,9-10,13H,7-8,11H2,1H3. The van der Waals surface area contributed by atoms with Crippen molar-refractivity contribution in [1.29, 1.82) is 0 Å². The van der Waals surface area contributed by atoms with Gasteiger partial charge in [0.15, 0.2) is 0 Å². The largest absolute Gasteiger partial charge is 0.497 e. The van der Waals surface area contributed by atoms with Gasteiger partial charge in [0.2, 0.25) is 0 Å². The van der Waals surface area contributed by atoms with E-state index >= 15 is 0 Å². The van der Waals surface area contributed by atoms with Gasteiger partial charge in [-0.3, -0.25) is 0 Å². The Morgan fingerprint density at radius 3 is 2.67 bits per heavy atom. The lowest BCUT2D eigenvalue weighted by molar-refractivity contribution is 0.413. The molecule has 1 atom stereocenters. The fourth-order valence-electron chi connectivity index (χ4n) is 2.31. The molecule has 0 spiro atoms. The van der Waals surface area contributed by atoms with Crippen LogP contribution < -0.4 is 4.74 Å². The van der Waals surface area contributed by atoms with E-state index in [0.29, 0.717) is 17.9 Å². The third kappa shape index (κ3) is 4.72. The Morgan fingerprint density at radius 2 is 2.00 bits per heavy atom. The molecule has 1 unspecified atom stereocenters. The highest BCUT2D eigenvalue weighted by Crippen LogP contribution is 2.22. The number of hydrogen-bond donors (Lipinski definition) is 0. The van der Waals surface area contributed by atoms with E-state index in [9.17, 15) is 4.39 Å². The number of alkyl halides is 1. The van der Waals surface area contributed by atoms with Gasteiger partial charge in [0.05, 0.1) is 7.11 Å². The highest BCUT2D eigenvalue weighted by atomic mass is 79.9. The minimum Gasteiger partial charge on any atom is -0.497 e. The Morgan fingerprint density at radius 1 is 1.19 bits per heavy atom. The van der Waals surface area contributed by atoms with E-state index in [1.807, 2.05) is 36.4 Å². The fourth-order valence-corrected chi connectivity index (χ4v) is 2.86. The van der Waals surface area contributed by atoms with Gasteiger partial charge in [-0.15, -0.1) is 11.6 Å². The molecule has 0 amide bonds. The van der Waals surface area contributed by atoms with Crippen LogP contribution in [0.3, 0.4) is 0 Å². The van der Waals surface area contributed by atoms with Crippen molar-refractivity contribution in [3.05, 3.63) is 63.9 Å². The molecule has 112 valence electrons. The van der Waals surface area contributed by atoms with Crippen LogP contribution in [0.4, 0.5) is 4.39 Å². The van der Waals surface area contributed by atoms with Gasteiger partial charge in [-0.1, -0.05) is 34.1 Å². The van der Waals surface area contributed by atoms with Crippen molar-refractivity contribution in [2.45, 2.75) is 12.8 Å². The quantitative estimate of drug-likeness (QED) is 0.631. The van der Waals surface area contributed by atoms with E-state index in [-0.39, 0.29) is 11.7 Å². The summed E-state index contributed by atoms with van der Waals surface area (Å²) in [6.07, 6.45) is 1.43. The molecule has 2 aromatic carbocycles. The van der Waals surface area contributed by atoms with E-state index in [0.717, 1.165) is 22.2 Å². The topological polar surface area (TPSA) is 9.23 Å². The minimum absolute atomic E-state index is 0.189. The first kappa shape index (κ1) is 16.3. The summed E-state index contributed by atoms with van der Waals surface area (Å²) in [5.41, 5.74) is 1.85. The number of halogens is 3.